The van der Waals surface area contributed by atoms with E-state index < -0.39 is 69.0 Å². The summed E-state index contributed by atoms with van der Waals surface area (Å²) >= 11 is 0. The molecule has 0 saturated heterocycles. The first kappa shape index (κ1) is 36.2. The van der Waals surface area contributed by atoms with Crippen LogP contribution in [-0.2, 0) is 6.42 Å². The minimum absolute atomic E-state index is 0.124. The van der Waals surface area contributed by atoms with Crippen molar-refractivity contribution in [3.63, 3.8) is 0 Å². The van der Waals surface area contributed by atoms with Crippen molar-refractivity contribution in [3.8, 4) is 16.9 Å². The Labute approximate surface area is 256 Å². The molecule has 0 spiro atoms. The molecule has 0 aromatic heterocycles. The first-order valence-corrected chi connectivity index (χ1v) is 16.5. The smallest absolute Gasteiger partial charge is 0.204 e. The van der Waals surface area contributed by atoms with E-state index in [1.54, 1.807) is 0 Å². The van der Waals surface area contributed by atoms with E-state index in [4.69, 9.17) is 4.74 Å². The van der Waals surface area contributed by atoms with E-state index in [0.717, 1.165) is 83.5 Å². The quantitative estimate of drug-likeness (QED) is 0.0901. The van der Waals surface area contributed by atoms with Crippen LogP contribution in [0, 0.1) is 58.4 Å². The number of unbranched alkanes of at least 4 members (excludes halogenated alkanes) is 9. The van der Waals surface area contributed by atoms with Crippen LogP contribution in [0.5, 0.6) is 5.75 Å². The molecular weight excluding hydrogens is 588 g/mol. The highest BCUT2D eigenvalue weighted by Crippen LogP contribution is 2.41. The molecule has 0 aliphatic heterocycles. The minimum atomic E-state index is -2.20. The third kappa shape index (κ3) is 9.12. The van der Waals surface area contributed by atoms with Crippen LogP contribution < -0.4 is 4.74 Å². The van der Waals surface area contributed by atoms with Crippen LogP contribution in [0.15, 0.2) is 0 Å². The lowest BCUT2D eigenvalue weighted by atomic mass is 9.77. The first-order valence-electron chi connectivity index (χ1n) is 16.5. The standard InChI is InChI=1S/C35H46F8O/c1-3-5-7-8-9-10-11-13-21-44-35-33(42)31(40)26(32(41)34(35)43)25-29(38)27(36)24(28(37)30(25)39)20-19-23-17-15-22(16-18-23)14-12-6-4-2/h22-23H,3-21H2,1-2H3. The normalized spacial score (nSPS) is 17.0. The summed E-state index contributed by atoms with van der Waals surface area (Å²) in [6.07, 6.45) is 15.5. The van der Waals surface area contributed by atoms with E-state index in [-0.39, 0.29) is 25.4 Å². The molecule has 0 unspecified atom stereocenters. The van der Waals surface area contributed by atoms with Gasteiger partial charge in [0.1, 0.15) is 0 Å². The third-order valence-electron chi connectivity index (χ3n) is 9.06. The van der Waals surface area contributed by atoms with E-state index in [9.17, 15) is 17.6 Å². The van der Waals surface area contributed by atoms with Crippen LogP contribution in [0.2, 0.25) is 0 Å². The molecule has 0 amide bonds. The Hall–Kier alpha value is -2.32. The SMILES string of the molecule is CCCCCCCCCCOc1c(F)c(F)c(-c2c(F)c(F)c(CCC3CCC(CCCCC)CC3)c(F)c2F)c(F)c1F. The lowest BCUT2D eigenvalue weighted by Crippen LogP contribution is -2.16. The summed E-state index contributed by atoms with van der Waals surface area (Å²) in [7, 11) is 0. The number of ether oxygens (including phenoxy) is 1. The highest BCUT2D eigenvalue weighted by atomic mass is 19.2. The molecule has 0 atom stereocenters. The average molecular weight is 635 g/mol. The number of rotatable bonds is 18. The van der Waals surface area contributed by atoms with Gasteiger partial charge in [0.05, 0.1) is 17.7 Å². The second-order valence-corrected chi connectivity index (χ2v) is 12.3. The predicted octanol–water partition coefficient (Wildman–Crippen LogP) is 12.3. The van der Waals surface area contributed by atoms with Gasteiger partial charge in [-0.25, -0.2) is 26.3 Å². The Kier molecular flexibility index (Phi) is 14.8. The van der Waals surface area contributed by atoms with Crippen LogP contribution >= 0.6 is 0 Å². The van der Waals surface area contributed by atoms with Crippen LogP contribution in [0.4, 0.5) is 35.1 Å². The van der Waals surface area contributed by atoms with Gasteiger partial charge in [0.25, 0.3) is 0 Å². The Morgan fingerprint density at radius 2 is 0.886 bits per heavy atom. The molecule has 0 radical (unpaired) electrons. The summed E-state index contributed by atoms with van der Waals surface area (Å²) in [5, 5.41) is 0. The lowest BCUT2D eigenvalue weighted by Gasteiger charge is -2.28. The highest BCUT2D eigenvalue weighted by Gasteiger charge is 2.35. The predicted molar refractivity (Wildman–Crippen MR) is 158 cm³/mol. The molecule has 0 N–H and O–H groups in total. The molecule has 248 valence electrons. The number of hydrogen-bond donors (Lipinski definition) is 0. The Morgan fingerprint density at radius 3 is 1.39 bits per heavy atom. The van der Waals surface area contributed by atoms with Gasteiger partial charge in [-0.2, -0.15) is 8.78 Å². The number of benzene rings is 2. The molecule has 2 aromatic carbocycles. The molecule has 3 rings (SSSR count). The average Bonchev–Trinajstić information content (AvgIpc) is 3.02. The molecule has 1 aliphatic carbocycles. The molecule has 0 heterocycles. The highest BCUT2D eigenvalue weighted by molar-refractivity contribution is 5.69. The summed E-state index contributed by atoms with van der Waals surface area (Å²) in [4.78, 5) is 0. The van der Waals surface area contributed by atoms with Gasteiger partial charge in [0, 0.05) is 5.56 Å². The number of halogens is 8. The van der Waals surface area contributed by atoms with E-state index in [0.29, 0.717) is 18.8 Å². The van der Waals surface area contributed by atoms with Gasteiger partial charge in [0.2, 0.25) is 11.6 Å². The van der Waals surface area contributed by atoms with Gasteiger partial charge in [-0.05, 0) is 31.1 Å². The molecule has 0 bridgehead atoms. The summed E-state index contributed by atoms with van der Waals surface area (Å²) in [6, 6.07) is 0. The fourth-order valence-electron chi connectivity index (χ4n) is 6.32. The van der Waals surface area contributed by atoms with Crippen molar-refractivity contribution in [1.29, 1.82) is 0 Å². The molecule has 1 nitrogen and oxygen atoms in total. The van der Waals surface area contributed by atoms with Gasteiger partial charge >= 0.3 is 0 Å². The topological polar surface area (TPSA) is 9.23 Å². The van der Waals surface area contributed by atoms with Crippen LogP contribution in [0.1, 0.15) is 129 Å². The van der Waals surface area contributed by atoms with Crippen LogP contribution in [-0.4, -0.2) is 6.61 Å². The Morgan fingerprint density at radius 1 is 0.477 bits per heavy atom. The fraction of sp³-hybridized carbons (Fsp3) is 0.657. The van der Waals surface area contributed by atoms with Crippen molar-refractivity contribution >= 4 is 0 Å². The van der Waals surface area contributed by atoms with E-state index in [2.05, 4.69) is 13.8 Å². The fourth-order valence-corrected chi connectivity index (χ4v) is 6.32. The van der Waals surface area contributed by atoms with Gasteiger partial charge in [-0.15, -0.1) is 0 Å². The van der Waals surface area contributed by atoms with Crippen LogP contribution in [0.3, 0.4) is 0 Å². The molecule has 44 heavy (non-hydrogen) atoms. The largest absolute Gasteiger partial charge is 0.487 e. The van der Waals surface area contributed by atoms with E-state index >= 15 is 17.6 Å². The molecule has 9 heteroatoms. The third-order valence-corrected chi connectivity index (χ3v) is 9.06. The maximum Gasteiger partial charge on any atom is 0.204 e. The zero-order valence-electron chi connectivity index (χ0n) is 26.0. The lowest BCUT2D eigenvalue weighted by molar-refractivity contribution is 0.248. The second kappa shape index (κ2) is 18.0. The summed E-state index contributed by atoms with van der Waals surface area (Å²) in [5.41, 5.74) is -4.58. The summed E-state index contributed by atoms with van der Waals surface area (Å²) < 4.78 is 125. The maximum absolute atomic E-state index is 15.1. The zero-order valence-corrected chi connectivity index (χ0v) is 26.0. The maximum atomic E-state index is 15.1. The summed E-state index contributed by atoms with van der Waals surface area (Å²) in [6.45, 7) is 4.00. The van der Waals surface area contributed by atoms with Crippen molar-refractivity contribution in [1.82, 2.24) is 0 Å². The van der Waals surface area contributed by atoms with E-state index in [1.165, 1.54) is 6.42 Å². The van der Waals surface area contributed by atoms with Crippen LogP contribution in [0.25, 0.3) is 11.1 Å². The second-order valence-electron chi connectivity index (χ2n) is 12.3. The molecule has 1 saturated carbocycles. The van der Waals surface area contributed by atoms with Gasteiger partial charge in [-0.3, -0.25) is 0 Å². The molecular formula is C35H46F8O. The minimum Gasteiger partial charge on any atom is -0.487 e. The monoisotopic (exact) mass is 634 g/mol. The van der Waals surface area contributed by atoms with Crippen molar-refractivity contribution in [3.05, 3.63) is 52.1 Å². The van der Waals surface area contributed by atoms with Crippen molar-refractivity contribution < 1.29 is 39.9 Å². The van der Waals surface area contributed by atoms with Gasteiger partial charge < -0.3 is 4.74 Å². The van der Waals surface area contributed by atoms with E-state index in [1.807, 2.05) is 0 Å². The Bertz CT molecular complexity index is 1150. The summed E-state index contributed by atoms with van der Waals surface area (Å²) in [5.74, 6) is -17.0. The van der Waals surface area contributed by atoms with Gasteiger partial charge in [0.15, 0.2) is 40.7 Å². The molecule has 1 fully saturated rings. The first-order chi connectivity index (χ1) is 21.1. The number of hydrogen-bond acceptors (Lipinski definition) is 1. The molecule has 2 aromatic rings. The van der Waals surface area contributed by atoms with Gasteiger partial charge in [-0.1, -0.05) is 110 Å². The van der Waals surface area contributed by atoms with Crippen molar-refractivity contribution in [2.45, 2.75) is 129 Å². The van der Waals surface area contributed by atoms with Crippen molar-refractivity contribution in [2.24, 2.45) is 11.8 Å². The molecule has 1 aliphatic rings. The van der Waals surface area contributed by atoms with Crippen molar-refractivity contribution in [2.75, 3.05) is 6.61 Å². The Balaban J connectivity index is 1.70. The zero-order chi connectivity index (χ0) is 32.2.